The zero-order valence-electron chi connectivity index (χ0n) is 9.17. The zero-order chi connectivity index (χ0) is 12.6. The first kappa shape index (κ1) is 12.2. The average Bonchev–Trinajstić information content (AvgIpc) is 2.65. The second kappa shape index (κ2) is 4.56. The van der Waals surface area contributed by atoms with Crippen molar-refractivity contribution in [2.24, 2.45) is 0 Å². The van der Waals surface area contributed by atoms with Gasteiger partial charge in [0.25, 0.3) is 0 Å². The third-order valence-electron chi connectivity index (χ3n) is 2.94. The Morgan fingerprint density at radius 2 is 2.35 bits per heavy atom. The summed E-state index contributed by atoms with van der Waals surface area (Å²) in [5.41, 5.74) is 0.142. The molecule has 6 heteroatoms. The molecule has 0 aromatic carbocycles. The summed E-state index contributed by atoms with van der Waals surface area (Å²) in [5, 5.41) is 18.5. The number of aliphatic hydroxyl groups is 2. The van der Waals surface area contributed by atoms with Crippen LogP contribution in [0.3, 0.4) is 0 Å². The van der Waals surface area contributed by atoms with Gasteiger partial charge in [-0.15, -0.1) is 0 Å². The average molecular weight is 243 g/mol. The fourth-order valence-corrected chi connectivity index (χ4v) is 1.94. The lowest BCUT2D eigenvalue weighted by Gasteiger charge is -2.28. The van der Waals surface area contributed by atoms with Crippen molar-refractivity contribution in [3.63, 3.8) is 0 Å². The molecule has 1 amide bonds. The van der Waals surface area contributed by atoms with Crippen LogP contribution in [0, 0.1) is 0 Å². The largest absolute Gasteiger partial charge is 0.394 e. The van der Waals surface area contributed by atoms with Crippen molar-refractivity contribution in [1.82, 2.24) is 4.90 Å². The van der Waals surface area contributed by atoms with Crippen molar-refractivity contribution in [2.75, 3.05) is 6.61 Å². The van der Waals surface area contributed by atoms with E-state index < -0.39 is 24.3 Å². The lowest BCUT2D eigenvalue weighted by Crippen LogP contribution is -2.38. The number of rotatable bonds is 2. The summed E-state index contributed by atoms with van der Waals surface area (Å²) in [6, 6.07) is 0. The molecule has 0 bridgehead atoms. The number of carbonyl (C=O) groups is 1. The third-order valence-corrected chi connectivity index (χ3v) is 2.94. The highest BCUT2D eigenvalue weighted by Gasteiger charge is 2.39. The van der Waals surface area contributed by atoms with Gasteiger partial charge >= 0.3 is 0 Å². The molecule has 1 fully saturated rings. The van der Waals surface area contributed by atoms with Crippen molar-refractivity contribution in [3.8, 4) is 0 Å². The molecule has 0 saturated carbocycles. The highest BCUT2D eigenvalue weighted by atomic mass is 19.1. The van der Waals surface area contributed by atoms with Crippen molar-refractivity contribution >= 4 is 5.91 Å². The molecule has 0 aromatic heterocycles. The Balaban J connectivity index is 2.13. The van der Waals surface area contributed by atoms with E-state index >= 15 is 0 Å². The molecular weight excluding hydrogens is 229 g/mol. The molecule has 0 aliphatic carbocycles. The van der Waals surface area contributed by atoms with Crippen LogP contribution in [0.4, 0.5) is 4.39 Å². The van der Waals surface area contributed by atoms with E-state index in [0.717, 1.165) is 11.1 Å². The number of allylic oxidation sites excluding steroid dienone is 1. The summed E-state index contributed by atoms with van der Waals surface area (Å²) >= 11 is 0. The number of halogens is 1. The molecule has 1 saturated heterocycles. The summed E-state index contributed by atoms with van der Waals surface area (Å²) < 4.78 is 18.6. The quantitative estimate of drug-likeness (QED) is 0.719. The molecule has 2 N–H and O–H groups in total. The van der Waals surface area contributed by atoms with Crippen molar-refractivity contribution in [1.29, 1.82) is 0 Å². The lowest BCUT2D eigenvalue weighted by molar-refractivity contribution is -0.141. The molecule has 0 radical (unpaired) electrons. The van der Waals surface area contributed by atoms with Gasteiger partial charge in [-0.3, -0.25) is 9.69 Å². The molecule has 2 aliphatic heterocycles. The van der Waals surface area contributed by atoms with Gasteiger partial charge in [0.05, 0.1) is 19.1 Å². The van der Waals surface area contributed by atoms with Crippen LogP contribution < -0.4 is 0 Å². The molecule has 2 rings (SSSR count). The fourth-order valence-electron chi connectivity index (χ4n) is 1.94. The van der Waals surface area contributed by atoms with Gasteiger partial charge in [-0.1, -0.05) is 6.58 Å². The molecule has 2 heterocycles. The van der Waals surface area contributed by atoms with Crippen molar-refractivity contribution in [3.05, 3.63) is 24.2 Å². The highest BCUT2D eigenvalue weighted by Crippen LogP contribution is 2.29. The molecule has 17 heavy (non-hydrogen) atoms. The Kier molecular flexibility index (Phi) is 3.28. The molecular formula is C11H14FNO4. The SMILES string of the molecule is C=C1CC(=O)N([C@@H]2C[C@H](O)[C@@H](CO)O2)C=C1F. The lowest BCUT2D eigenvalue weighted by atomic mass is 10.1. The second-order valence-electron chi connectivity index (χ2n) is 4.17. The maximum absolute atomic E-state index is 13.3. The summed E-state index contributed by atoms with van der Waals surface area (Å²) in [5.74, 6) is -0.887. The number of hydrogen-bond donors (Lipinski definition) is 2. The molecule has 0 unspecified atom stereocenters. The van der Waals surface area contributed by atoms with E-state index in [1.807, 2.05) is 0 Å². The van der Waals surface area contributed by atoms with Gasteiger partial charge in [-0.25, -0.2) is 4.39 Å². The Morgan fingerprint density at radius 1 is 1.65 bits per heavy atom. The van der Waals surface area contributed by atoms with Gasteiger partial charge < -0.3 is 14.9 Å². The fraction of sp³-hybridized carbons (Fsp3) is 0.545. The van der Waals surface area contributed by atoms with Gasteiger partial charge in [0.15, 0.2) is 0 Å². The van der Waals surface area contributed by atoms with Crippen LogP contribution in [0.25, 0.3) is 0 Å². The number of nitrogens with zero attached hydrogens (tertiary/aromatic N) is 1. The van der Waals surface area contributed by atoms with E-state index in [1.165, 1.54) is 0 Å². The van der Waals surface area contributed by atoms with Crippen molar-refractivity contribution < 1.29 is 24.1 Å². The number of carbonyl (C=O) groups excluding carboxylic acids is 1. The number of aliphatic hydroxyl groups excluding tert-OH is 2. The third kappa shape index (κ3) is 2.24. The van der Waals surface area contributed by atoms with E-state index in [-0.39, 0.29) is 30.9 Å². The highest BCUT2D eigenvalue weighted by molar-refractivity contribution is 5.82. The van der Waals surface area contributed by atoms with Gasteiger partial charge in [0.1, 0.15) is 18.2 Å². The van der Waals surface area contributed by atoms with Crippen molar-refractivity contribution in [2.45, 2.75) is 31.3 Å². The Labute approximate surface area is 97.8 Å². The van der Waals surface area contributed by atoms with Crippen LogP contribution in [0.5, 0.6) is 0 Å². The predicted octanol–water partition coefficient (Wildman–Crippen LogP) is 0.0540. The van der Waals surface area contributed by atoms with E-state index in [1.54, 1.807) is 0 Å². The Hall–Kier alpha value is -1.24. The van der Waals surface area contributed by atoms with E-state index in [2.05, 4.69) is 6.58 Å². The summed E-state index contributed by atoms with van der Waals surface area (Å²) in [7, 11) is 0. The first-order valence-electron chi connectivity index (χ1n) is 5.34. The molecule has 2 aliphatic rings. The first-order valence-corrected chi connectivity index (χ1v) is 5.34. The van der Waals surface area contributed by atoms with Crippen LogP contribution >= 0.6 is 0 Å². The van der Waals surface area contributed by atoms with E-state index in [4.69, 9.17) is 9.84 Å². The van der Waals surface area contributed by atoms with Crippen LogP contribution in [0.2, 0.25) is 0 Å². The number of hydrogen-bond acceptors (Lipinski definition) is 4. The van der Waals surface area contributed by atoms with E-state index in [0.29, 0.717) is 0 Å². The first-order chi connectivity index (χ1) is 8.02. The second-order valence-corrected chi connectivity index (χ2v) is 4.17. The topological polar surface area (TPSA) is 70.0 Å². The molecule has 5 nitrogen and oxygen atoms in total. The predicted molar refractivity (Wildman–Crippen MR) is 56.2 cm³/mol. The minimum absolute atomic E-state index is 0.0952. The molecule has 0 spiro atoms. The molecule has 3 atom stereocenters. The van der Waals surface area contributed by atoms with Crippen LogP contribution in [-0.4, -0.2) is 46.1 Å². The van der Waals surface area contributed by atoms with E-state index in [9.17, 15) is 14.3 Å². The van der Waals surface area contributed by atoms with Crippen LogP contribution in [-0.2, 0) is 9.53 Å². The maximum Gasteiger partial charge on any atom is 0.233 e. The van der Waals surface area contributed by atoms with Gasteiger partial charge in [0, 0.05) is 12.6 Å². The smallest absolute Gasteiger partial charge is 0.233 e. The standard InChI is InChI=1S/C11H14FNO4/c1-6-2-10(16)13(4-7(6)12)11-3-8(15)9(5-14)17-11/h4,8-9,11,14-15H,1-3,5H2/t8-,9+,11-/m0/s1. The van der Waals surface area contributed by atoms with Crippen LogP contribution in [0.15, 0.2) is 24.2 Å². The summed E-state index contributed by atoms with van der Waals surface area (Å²) in [4.78, 5) is 12.8. The molecule has 94 valence electrons. The summed E-state index contributed by atoms with van der Waals surface area (Å²) in [6.07, 6.45) is -1.21. The Morgan fingerprint density at radius 3 is 2.94 bits per heavy atom. The van der Waals surface area contributed by atoms with Gasteiger partial charge in [-0.05, 0) is 5.57 Å². The number of ether oxygens (including phenoxy) is 1. The Bertz CT molecular complexity index is 382. The minimum Gasteiger partial charge on any atom is -0.394 e. The summed E-state index contributed by atoms with van der Waals surface area (Å²) in [6.45, 7) is 3.10. The maximum atomic E-state index is 13.3. The molecule has 0 aromatic rings. The number of amides is 1. The van der Waals surface area contributed by atoms with Crippen LogP contribution in [0.1, 0.15) is 12.8 Å². The normalized spacial score (nSPS) is 34.2. The minimum atomic E-state index is -0.848. The van der Waals surface area contributed by atoms with Gasteiger partial charge in [0.2, 0.25) is 5.91 Å². The van der Waals surface area contributed by atoms with Gasteiger partial charge in [-0.2, -0.15) is 0 Å². The zero-order valence-corrected chi connectivity index (χ0v) is 9.17. The monoisotopic (exact) mass is 243 g/mol.